The van der Waals surface area contributed by atoms with Gasteiger partial charge in [0.25, 0.3) is 0 Å². The van der Waals surface area contributed by atoms with Crippen molar-refractivity contribution in [2.24, 2.45) is 0 Å². The van der Waals surface area contributed by atoms with Gasteiger partial charge in [-0.15, -0.1) is 0 Å². The van der Waals surface area contributed by atoms with Gasteiger partial charge in [-0.3, -0.25) is 4.79 Å². The minimum atomic E-state index is -0.869. The molecular formula is C12H16O4. The SMILES string of the molecule is COCCOC(CC(=O)O)c1ccccc1. The summed E-state index contributed by atoms with van der Waals surface area (Å²) in [5.74, 6) is -0.869. The van der Waals surface area contributed by atoms with Crippen molar-refractivity contribution in [3.63, 3.8) is 0 Å². The van der Waals surface area contributed by atoms with Gasteiger partial charge in [0.1, 0.15) is 0 Å². The summed E-state index contributed by atoms with van der Waals surface area (Å²) >= 11 is 0. The highest BCUT2D eigenvalue weighted by molar-refractivity contribution is 5.67. The summed E-state index contributed by atoms with van der Waals surface area (Å²) in [7, 11) is 1.58. The van der Waals surface area contributed by atoms with Gasteiger partial charge in [-0.05, 0) is 5.56 Å². The minimum Gasteiger partial charge on any atom is -0.481 e. The summed E-state index contributed by atoms with van der Waals surface area (Å²) in [6.07, 6.45) is -0.442. The number of ether oxygens (including phenoxy) is 2. The van der Waals surface area contributed by atoms with Crippen LogP contribution in [0.5, 0.6) is 0 Å². The van der Waals surface area contributed by atoms with E-state index in [2.05, 4.69) is 0 Å². The van der Waals surface area contributed by atoms with E-state index in [1.807, 2.05) is 30.3 Å². The molecule has 0 aliphatic rings. The maximum Gasteiger partial charge on any atom is 0.306 e. The molecule has 1 unspecified atom stereocenters. The van der Waals surface area contributed by atoms with Crippen molar-refractivity contribution in [1.29, 1.82) is 0 Å². The van der Waals surface area contributed by atoms with Gasteiger partial charge in [0.2, 0.25) is 0 Å². The Morgan fingerprint density at radius 1 is 1.31 bits per heavy atom. The molecule has 0 heterocycles. The summed E-state index contributed by atoms with van der Waals surface area (Å²) < 4.78 is 10.3. The maximum atomic E-state index is 10.7. The first kappa shape index (κ1) is 12.7. The molecule has 16 heavy (non-hydrogen) atoms. The number of carboxylic acid groups (broad SMARTS) is 1. The number of rotatable bonds is 7. The van der Waals surface area contributed by atoms with Crippen molar-refractivity contribution < 1.29 is 19.4 Å². The zero-order valence-electron chi connectivity index (χ0n) is 9.26. The van der Waals surface area contributed by atoms with Crippen molar-refractivity contribution in [2.75, 3.05) is 20.3 Å². The molecule has 0 aliphatic carbocycles. The highest BCUT2D eigenvalue weighted by Crippen LogP contribution is 2.20. The normalized spacial score (nSPS) is 12.3. The van der Waals surface area contributed by atoms with E-state index >= 15 is 0 Å². The molecular weight excluding hydrogens is 208 g/mol. The molecule has 0 fully saturated rings. The molecule has 0 aliphatic heterocycles. The zero-order chi connectivity index (χ0) is 11.8. The van der Waals surface area contributed by atoms with Gasteiger partial charge < -0.3 is 14.6 Å². The average molecular weight is 224 g/mol. The first-order valence-corrected chi connectivity index (χ1v) is 5.11. The summed E-state index contributed by atoms with van der Waals surface area (Å²) in [5.41, 5.74) is 0.876. The van der Waals surface area contributed by atoms with E-state index in [0.29, 0.717) is 13.2 Å². The van der Waals surface area contributed by atoms with Gasteiger partial charge in [0.05, 0.1) is 25.7 Å². The van der Waals surface area contributed by atoms with Crippen LogP contribution in [-0.2, 0) is 14.3 Å². The van der Waals surface area contributed by atoms with Gasteiger partial charge >= 0.3 is 5.97 Å². The fourth-order valence-electron chi connectivity index (χ4n) is 1.37. The predicted octanol–water partition coefficient (Wildman–Crippen LogP) is 1.87. The van der Waals surface area contributed by atoms with E-state index < -0.39 is 12.1 Å². The Bertz CT molecular complexity index is 310. The number of aliphatic carboxylic acids is 1. The number of benzene rings is 1. The predicted molar refractivity (Wildman–Crippen MR) is 59.3 cm³/mol. The number of methoxy groups -OCH3 is 1. The lowest BCUT2D eigenvalue weighted by Gasteiger charge is -2.16. The third-order valence-electron chi connectivity index (χ3n) is 2.14. The van der Waals surface area contributed by atoms with E-state index in [4.69, 9.17) is 14.6 Å². The zero-order valence-corrected chi connectivity index (χ0v) is 9.26. The summed E-state index contributed by atoms with van der Waals surface area (Å²) in [5, 5.41) is 8.79. The molecule has 1 atom stereocenters. The molecule has 4 heteroatoms. The molecule has 0 amide bonds. The van der Waals surface area contributed by atoms with E-state index in [9.17, 15) is 4.79 Å². The average Bonchev–Trinajstić information content (AvgIpc) is 2.29. The lowest BCUT2D eigenvalue weighted by atomic mass is 10.1. The molecule has 0 saturated carbocycles. The standard InChI is InChI=1S/C12H16O4/c1-15-7-8-16-11(9-12(13)14)10-5-3-2-4-6-10/h2-6,11H,7-9H2,1H3,(H,13,14). The van der Waals surface area contributed by atoms with Gasteiger partial charge in [0.15, 0.2) is 0 Å². The fraction of sp³-hybridized carbons (Fsp3) is 0.417. The third kappa shape index (κ3) is 4.42. The van der Waals surface area contributed by atoms with Crippen LogP contribution in [0.2, 0.25) is 0 Å². The second kappa shape index (κ2) is 6.98. The van der Waals surface area contributed by atoms with E-state index in [0.717, 1.165) is 5.56 Å². The summed E-state index contributed by atoms with van der Waals surface area (Å²) in [4.78, 5) is 10.7. The molecule has 88 valence electrons. The van der Waals surface area contributed by atoms with Crippen LogP contribution in [-0.4, -0.2) is 31.4 Å². The van der Waals surface area contributed by atoms with Gasteiger partial charge in [-0.25, -0.2) is 0 Å². The molecule has 1 N–H and O–H groups in total. The Kier molecular flexibility index (Phi) is 5.53. The Balaban J connectivity index is 2.60. The number of hydrogen-bond donors (Lipinski definition) is 1. The maximum absolute atomic E-state index is 10.7. The lowest BCUT2D eigenvalue weighted by molar-refractivity contribution is -0.140. The monoisotopic (exact) mass is 224 g/mol. The number of hydrogen-bond acceptors (Lipinski definition) is 3. The smallest absolute Gasteiger partial charge is 0.306 e. The molecule has 0 radical (unpaired) electrons. The van der Waals surface area contributed by atoms with Crippen molar-refractivity contribution in [3.05, 3.63) is 35.9 Å². The number of carbonyl (C=O) groups is 1. The van der Waals surface area contributed by atoms with E-state index in [-0.39, 0.29) is 6.42 Å². The van der Waals surface area contributed by atoms with Crippen LogP contribution in [0.1, 0.15) is 18.1 Å². The van der Waals surface area contributed by atoms with Gasteiger partial charge in [0, 0.05) is 7.11 Å². The molecule has 4 nitrogen and oxygen atoms in total. The first-order valence-electron chi connectivity index (χ1n) is 5.11. The van der Waals surface area contributed by atoms with Crippen LogP contribution in [0.15, 0.2) is 30.3 Å². The Morgan fingerprint density at radius 3 is 2.56 bits per heavy atom. The Hall–Kier alpha value is -1.39. The van der Waals surface area contributed by atoms with Crippen LogP contribution in [0.3, 0.4) is 0 Å². The largest absolute Gasteiger partial charge is 0.481 e. The van der Waals surface area contributed by atoms with Crippen molar-refractivity contribution in [2.45, 2.75) is 12.5 Å². The van der Waals surface area contributed by atoms with Crippen LogP contribution >= 0.6 is 0 Å². The Morgan fingerprint density at radius 2 is 2.00 bits per heavy atom. The summed E-state index contributed by atoms with van der Waals surface area (Å²) in [6.45, 7) is 0.853. The molecule has 1 rings (SSSR count). The molecule has 0 aromatic heterocycles. The molecule has 1 aromatic rings. The molecule has 1 aromatic carbocycles. The van der Waals surface area contributed by atoms with Crippen molar-refractivity contribution in [3.8, 4) is 0 Å². The fourth-order valence-corrected chi connectivity index (χ4v) is 1.37. The lowest BCUT2D eigenvalue weighted by Crippen LogP contribution is -2.13. The van der Waals surface area contributed by atoms with E-state index in [1.165, 1.54) is 0 Å². The second-order valence-electron chi connectivity index (χ2n) is 3.36. The number of carboxylic acids is 1. The van der Waals surface area contributed by atoms with Gasteiger partial charge in [-0.1, -0.05) is 30.3 Å². The van der Waals surface area contributed by atoms with Crippen LogP contribution < -0.4 is 0 Å². The molecule has 0 spiro atoms. The van der Waals surface area contributed by atoms with Crippen LogP contribution in [0.4, 0.5) is 0 Å². The van der Waals surface area contributed by atoms with Crippen LogP contribution in [0.25, 0.3) is 0 Å². The minimum absolute atomic E-state index is 0.0340. The summed E-state index contributed by atoms with van der Waals surface area (Å²) in [6, 6.07) is 9.34. The second-order valence-corrected chi connectivity index (χ2v) is 3.36. The highest BCUT2D eigenvalue weighted by atomic mass is 16.5. The molecule has 0 saturated heterocycles. The van der Waals surface area contributed by atoms with Crippen molar-refractivity contribution >= 4 is 5.97 Å². The highest BCUT2D eigenvalue weighted by Gasteiger charge is 2.15. The topological polar surface area (TPSA) is 55.8 Å². The van der Waals surface area contributed by atoms with Crippen molar-refractivity contribution in [1.82, 2.24) is 0 Å². The van der Waals surface area contributed by atoms with E-state index in [1.54, 1.807) is 7.11 Å². The third-order valence-corrected chi connectivity index (χ3v) is 2.14. The Labute approximate surface area is 94.8 Å². The van der Waals surface area contributed by atoms with Crippen LogP contribution in [0, 0.1) is 0 Å². The van der Waals surface area contributed by atoms with Gasteiger partial charge in [-0.2, -0.15) is 0 Å². The quantitative estimate of drug-likeness (QED) is 0.718. The molecule has 0 bridgehead atoms. The first-order chi connectivity index (χ1) is 7.74.